The number of hydrogen-bond acceptors (Lipinski definition) is 6. The predicted molar refractivity (Wildman–Crippen MR) is 79.3 cm³/mol. The van der Waals surface area contributed by atoms with Gasteiger partial charge in [-0.15, -0.1) is 0 Å². The third kappa shape index (κ3) is 3.02. The number of anilines is 2. The highest BCUT2D eigenvalue weighted by Gasteiger charge is 2.33. The zero-order chi connectivity index (χ0) is 14.3. The van der Waals surface area contributed by atoms with Crippen molar-refractivity contribution in [2.24, 2.45) is 5.41 Å². The monoisotopic (exact) mass is 303 g/mol. The van der Waals surface area contributed by atoms with E-state index in [0.717, 1.165) is 30.8 Å². The molecule has 1 aliphatic carbocycles. The van der Waals surface area contributed by atoms with Crippen LogP contribution in [0, 0.1) is 5.41 Å². The molecule has 2 rings (SSSR count). The summed E-state index contributed by atoms with van der Waals surface area (Å²) in [5.41, 5.74) is 6.03. The normalized spacial score (nSPS) is 22.6. The summed E-state index contributed by atoms with van der Waals surface area (Å²) in [4.78, 5) is 0.185. The van der Waals surface area contributed by atoms with Crippen LogP contribution in [0.1, 0.15) is 40.0 Å². The Labute approximate surface area is 118 Å². The molecular weight excluding hydrogens is 282 g/mol. The van der Waals surface area contributed by atoms with Gasteiger partial charge in [0.1, 0.15) is 9.90 Å². The highest BCUT2D eigenvalue weighted by atomic mass is 32.2. The van der Waals surface area contributed by atoms with Crippen LogP contribution in [0.15, 0.2) is 4.90 Å². The van der Waals surface area contributed by atoms with Gasteiger partial charge in [0.05, 0.1) is 5.75 Å². The Morgan fingerprint density at radius 1 is 1.53 bits per heavy atom. The fraction of sp³-hybridized carbons (Fsp3) is 0.750. The number of nitrogens with two attached hydrogens (primary N) is 1. The van der Waals surface area contributed by atoms with E-state index in [-0.39, 0.29) is 16.5 Å². The van der Waals surface area contributed by atoms with Gasteiger partial charge < -0.3 is 11.1 Å². The van der Waals surface area contributed by atoms with Crippen molar-refractivity contribution in [2.75, 3.05) is 16.8 Å². The number of sulfone groups is 1. The van der Waals surface area contributed by atoms with E-state index in [1.54, 1.807) is 6.92 Å². The molecule has 0 aromatic carbocycles. The van der Waals surface area contributed by atoms with Crippen LogP contribution in [0.4, 0.5) is 10.8 Å². The first-order chi connectivity index (χ1) is 8.75. The second-order valence-corrected chi connectivity index (χ2v) is 8.87. The second kappa shape index (κ2) is 4.94. The number of aromatic nitrogens is 1. The predicted octanol–water partition coefficient (Wildman–Crippen LogP) is 2.51. The molecule has 1 heterocycles. The molecule has 0 spiro atoms. The number of nitrogen functional groups attached to an aromatic ring is 1. The van der Waals surface area contributed by atoms with Crippen LogP contribution >= 0.6 is 11.5 Å². The molecule has 0 bridgehead atoms. The Kier molecular flexibility index (Phi) is 3.79. The molecule has 0 amide bonds. The van der Waals surface area contributed by atoms with E-state index in [2.05, 4.69) is 23.5 Å². The number of nitrogens with zero attached hydrogens (tertiary/aromatic N) is 1. The van der Waals surface area contributed by atoms with Crippen LogP contribution in [0.25, 0.3) is 0 Å². The highest BCUT2D eigenvalue weighted by molar-refractivity contribution is 7.91. The lowest BCUT2D eigenvalue weighted by molar-refractivity contribution is 0.378. The Bertz CT molecular complexity index is 564. The lowest BCUT2D eigenvalue weighted by Crippen LogP contribution is -2.18. The van der Waals surface area contributed by atoms with E-state index in [1.807, 2.05) is 0 Å². The van der Waals surface area contributed by atoms with E-state index in [1.165, 1.54) is 0 Å². The molecule has 1 saturated carbocycles. The van der Waals surface area contributed by atoms with E-state index < -0.39 is 9.84 Å². The summed E-state index contributed by atoms with van der Waals surface area (Å²) in [6.45, 7) is 6.09. The maximum atomic E-state index is 12.1. The van der Waals surface area contributed by atoms with Crippen molar-refractivity contribution in [3.63, 3.8) is 0 Å². The summed E-state index contributed by atoms with van der Waals surface area (Å²) in [6, 6.07) is 0.306. The van der Waals surface area contributed by atoms with Gasteiger partial charge in [0, 0.05) is 6.04 Å². The fourth-order valence-corrected chi connectivity index (χ4v) is 4.81. The van der Waals surface area contributed by atoms with Crippen molar-refractivity contribution in [3.05, 3.63) is 0 Å². The Balaban J connectivity index is 2.23. The SMILES string of the molecule is CCS(=O)(=O)c1c(N)nsc1NC1CCC(C)(C)C1. The molecular formula is C12H21N3O2S2. The number of rotatable bonds is 4. The molecule has 19 heavy (non-hydrogen) atoms. The summed E-state index contributed by atoms with van der Waals surface area (Å²) < 4.78 is 28.1. The average molecular weight is 303 g/mol. The second-order valence-electron chi connectivity index (χ2n) is 5.88. The van der Waals surface area contributed by atoms with Crippen LogP contribution in [0.5, 0.6) is 0 Å². The number of hydrogen-bond donors (Lipinski definition) is 2. The smallest absolute Gasteiger partial charge is 0.184 e. The van der Waals surface area contributed by atoms with Gasteiger partial charge >= 0.3 is 0 Å². The van der Waals surface area contributed by atoms with Crippen molar-refractivity contribution in [1.82, 2.24) is 4.37 Å². The average Bonchev–Trinajstić information content (AvgIpc) is 2.83. The first kappa shape index (κ1) is 14.6. The number of nitrogens with one attached hydrogen (secondary N) is 1. The molecule has 0 radical (unpaired) electrons. The van der Waals surface area contributed by atoms with Crippen LogP contribution in [-0.2, 0) is 9.84 Å². The Morgan fingerprint density at radius 2 is 2.21 bits per heavy atom. The first-order valence-corrected chi connectivity index (χ1v) is 8.92. The van der Waals surface area contributed by atoms with Gasteiger partial charge in [-0.05, 0) is 36.2 Å². The minimum atomic E-state index is -3.33. The maximum Gasteiger partial charge on any atom is 0.184 e. The molecule has 1 aliphatic rings. The van der Waals surface area contributed by atoms with Crippen molar-refractivity contribution in [3.8, 4) is 0 Å². The first-order valence-electron chi connectivity index (χ1n) is 6.49. The zero-order valence-corrected chi connectivity index (χ0v) is 13.2. The van der Waals surface area contributed by atoms with Crippen LogP contribution < -0.4 is 11.1 Å². The highest BCUT2D eigenvalue weighted by Crippen LogP contribution is 2.40. The molecule has 3 N–H and O–H groups in total. The van der Waals surface area contributed by atoms with Gasteiger partial charge in [-0.2, -0.15) is 4.37 Å². The molecule has 0 saturated heterocycles. The fourth-order valence-electron chi connectivity index (χ4n) is 2.58. The van der Waals surface area contributed by atoms with Crippen LogP contribution in [0.3, 0.4) is 0 Å². The van der Waals surface area contributed by atoms with Gasteiger partial charge in [0.15, 0.2) is 15.7 Å². The molecule has 108 valence electrons. The van der Waals surface area contributed by atoms with Crippen molar-refractivity contribution in [2.45, 2.75) is 51.0 Å². The molecule has 1 fully saturated rings. The molecule has 5 nitrogen and oxygen atoms in total. The topological polar surface area (TPSA) is 85.1 Å². The lowest BCUT2D eigenvalue weighted by Gasteiger charge is -2.18. The van der Waals surface area contributed by atoms with Crippen molar-refractivity contribution < 1.29 is 8.42 Å². The zero-order valence-electron chi connectivity index (χ0n) is 11.6. The van der Waals surface area contributed by atoms with Gasteiger partial charge in [-0.3, -0.25) is 0 Å². The molecule has 1 atom stereocenters. The lowest BCUT2D eigenvalue weighted by atomic mass is 9.92. The van der Waals surface area contributed by atoms with Gasteiger partial charge in [-0.1, -0.05) is 20.8 Å². The summed E-state index contributed by atoms with van der Waals surface area (Å²) in [7, 11) is -3.33. The minimum absolute atomic E-state index is 0.0421. The Morgan fingerprint density at radius 3 is 2.74 bits per heavy atom. The maximum absolute atomic E-state index is 12.1. The van der Waals surface area contributed by atoms with Crippen molar-refractivity contribution in [1.29, 1.82) is 0 Å². The Hall–Kier alpha value is -0.820. The standard InChI is InChI=1S/C12H21N3O2S2/c1-4-19(16,17)9-10(13)15-18-11(9)14-8-5-6-12(2,3)7-8/h8,14H,4-7H2,1-3H3,(H2,13,15). The van der Waals surface area contributed by atoms with Gasteiger partial charge in [0.2, 0.25) is 0 Å². The largest absolute Gasteiger partial charge is 0.382 e. The molecule has 0 aliphatic heterocycles. The summed E-state index contributed by atoms with van der Waals surface area (Å²) in [5, 5.41) is 3.92. The van der Waals surface area contributed by atoms with Crippen molar-refractivity contribution >= 4 is 32.2 Å². The van der Waals surface area contributed by atoms with E-state index >= 15 is 0 Å². The van der Waals surface area contributed by atoms with Gasteiger partial charge in [-0.25, -0.2) is 8.42 Å². The van der Waals surface area contributed by atoms with E-state index in [9.17, 15) is 8.42 Å². The summed E-state index contributed by atoms with van der Waals surface area (Å²) in [5.74, 6) is 0.159. The summed E-state index contributed by atoms with van der Waals surface area (Å²) in [6.07, 6.45) is 3.24. The van der Waals surface area contributed by atoms with E-state index in [4.69, 9.17) is 5.73 Å². The van der Waals surface area contributed by atoms with E-state index in [0.29, 0.717) is 16.5 Å². The molecule has 1 unspecified atom stereocenters. The molecule has 1 aromatic heterocycles. The minimum Gasteiger partial charge on any atom is -0.382 e. The van der Waals surface area contributed by atoms with Crippen LogP contribution in [-0.4, -0.2) is 24.6 Å². The quantitative estimate of drug-likeness (QED) is 0.892. The molecule has 1 aromatic rings. The third-order valence-corrected chi connectivity index (χ3v) is 6.39. The summed E-state index contributed by atoms with van der Waals surface area (Å²) >= 11 is 1.14. The van der Waals surface area contributed by atoms with Crippen LogP contribution in [0.2, 0.25) is 0 Å². The third-order valence-electron chi connectivity index (χ3n) is 3.67. The van der Waals surface area contributed by atoms with Gasteiger partial charge in [0.25, 0.3) is 0 Å². The molecule has 7 heteroatoms.